The Balaban J connectivity index is 2.11. The first-order valence-corrected chi connectivity index (χ1v) is 8.70. The van der Waals surface area contributed by atoms with Crippen LogP contribution in [0.1, 0.15) is 16.1 Å². The van der Waals surface area contributed by atoms with Gasteiger partial charge in [0.05, 0.1) is 7.11 Å². The summed E-state index contributed by atoms with van der Waals surface area (Å²) in [6, 6.07) is 5.74. The molecule has 12 heteroatoms. The number of hydrogen-bond acceptors (Lipinski definition) is 8. The van der Waals surface area contributed by atoms with Crippen molar-refractivity contribution in [2.45, 2.75) is 6.92 Å². The van der Waals surface area contributed by atoms with Crippen LogP contribution >= 0.6 is 11.6 Å². The summed E-state index contributed by atoms with van der Waals surface area (Å²) in [5.41, 5.74) is 0.334. The summed E-state index contributed by atoms with van der Waals surface area (Å²) in [4.78, 5) is 31.0. The number of carbonyl (C=O) groups excluding carboxylic acids is 2. The zero-order valence-corrected chi connectivity index (χ0v) is 15.1. The average molecular weight is 401 g/mol. The standard InChI is InChI=1S/C14H13ClN4O6S/c1-8-7-11(15)17-13(16-8)18-14(21)19-26(22,23)25-10-6-4-3-5-9(10)12(20)24-2/h3-7H,1-2H3,(H2,16,17,18,19,21). The van der Waals surface area contributed by atoms with Crippen molar-refractivity contribution < 1.29 is 26.9 Å². The van der Waals surface area contributed by atoms with Crippen LogP contribution in [0.5, 0.6) is 5.75 Å². The Morgan fingerprint density at radius 3 is 2.54 bits per heavy atom. The van der Waals surface area contributed by atoms with Crippen molar-refractivity contribution in [3.63, 3.8) is 0 Å². The SMILES string of the molecule is COC(=O)c1ccccc1OS(=O)(=O)NC(=O)Nc1nc(C)cc(Cl)n1. The van der Waals surface area contributed by atoms with Crippen molar-refractivity contribution in [3.05, 3.63) is 46.7 Å². The van der Waals surface area contributed by atoms with E-state index < -0.39 is 22.3 Å². The van der Waals surface area contributed by atoms with Crippen molar-refractivity contribution in [2.24, 2.45) is 0 Å². The number of nitrogens with zero attached hydrogens (tertiary/aromatic N) is 2. The Morgan fingerprint density at radius 2 is 1.88 bits per heavy atom. The van der Waals surface area contributed by atoms with Gasteiger partial charge in [-0.3, -0.25) is 5.32 Å². The Bertz CT molecular complexity index is 930. The number of halogens is 1. The highest BCUT2D eigenvalue weighted by Crippen LogP contribution is 2.20. The van der Waals surface area contributed by atoms with E-state index >= 15 is 0 Å². The molecule has 0 saturated carbocycles. The first-order valence-electron chi connectivity index (χ1n) is 6.92. The normalized spacial score (nSPS) is 10.7. The lowest BCUT2D eigenvalue weighted by Crippen LogP contribution is -2.37. The molecule has 2 N–H and O–H groups in total. The lowest BCUT2D eigenvalue weighted by Gasteiger charge is -2.11. The fourth-order valence-corrected chi connectivity index (χ4v) is 2.72. The highest BCUT2D eigenvalue weighted by Gasteiger charge is 2.21. The van der Waals surface area contributed by atoms with Gasteiger partial charge in [-0.15, -0.1) is 0 Å². The molecule has 26 heavy (non-hydrogen) atoms. The van der Waals surface area contributed by atoms with Gasteiger partial charge in [-0.2, -0.15) is 8.42 Å². The van der Waals surface area contributed by atoms with Crippen molar-refractivity contribution in [1.82, 2.24) is 14.7 Å². The molecule has 0 atom stereocenters. The minimum absolute atomic E-state index is 0.0684. The molecule has 138 valence electrons. The molecule has 10 nitrogen and oxygen atoms in total. The van der Waals surface area contributed by atoms with E-state index in [4.69, 9.17) is 15.8 Å². The molecule has 0 unspecified atom stereocenters. The number of amides is 2. The second kappa shape index (κ2) is 7.97. The van der Waals surface area contributed by atoms with Crippen LogP contribution in [-0.2, 0) is 15.0 Å². The molecule has 0 fully saturated rings. The van der Waals surface area contributed by atoms with Crippen LogP contribution in [0.3, 0.4) is 0 Å². The zero-order chi connectivity index (χ0) is 19.3. The van der Waals surface area contributed by atoms with Crippen LogP contribution in [0.25, 0.3) is 0 Å². The number of benzene rings is 1. The maximum absolute atomic E-state index is 12.0. The van der Waals surface area contributed by atoms with E-state index in [1.54, 1.807) is 11.6 Å². The summed E-state index contributed by atoms with van der Waals surface area (Å²) >= 11 is 5.73. The Kier molecular flexibility index (Phi) is 5.95. The first kappa shape index (κ1) is 19.4. The number of ether oxygens (including phenoxy) is 1. The smallest absolute Gasteiger partial charge is 0.411 e. The van der Waals surface area contributed by atoms with Gasteiger partial charge in [0.25, 0.3) is 0 Å². The van der Waals surface area contributed by atoms with Gasteiger partial charge in [-0.25, -0.2) is 24.3 Å². The second-order valence-electron chi connectivity index (χ2n) is 4.74. The van der Waals surface area contributed by atoms with Gasteiger partial charge >= 0.3 is 22.3 Å². The van der Waals surface area contributed by atoms with E-state index in [1.165, 1.54) is 30.3 Å². The van der Waals surface area contributed by atoms with E-state index in [-0.39, 0.29) is 22.4 Å². The molecule has 0 aliphatic rings. The summed E-state index contributed by atoms with van der Waals surface area (Å²) in [6.07, 6.45) is 0. The first-order chi connectivity index (χ1) is 12.2. The zero-order valence-electron chi connectivity index (χ0n) is 13.5. The number of rotatable bonds is 5. The van der Waals surface area contributed by atoms with Crippen LogP contribution in [0.4, 0.5) is 10.7 Å². The molecular formula is C14H13ClN4O6S. The second-order valence-corrected chi connectivity index (χ2v) is 6.40. The summed E-state index contributed by atoms with van der Waals surface area (Å²) in [7, 11) is -3.47. The largest absolute Gasteiger partial charge is 0.465 e. The fraction of sp³-hybridized carbons (Fsp3) is 0.143. The van der Waals surface area contributed by atoms with E-state index in [1.807, 2.05) is 0 Å². The van der Waals surface area contributed by atoms with Gasteiger partial charge in [0.2, 0.25) is 5.95 Å². The highest BCUT2D eigenvalue weighted by molar-refractivity contribution is 7.85. The molecule has 0 saturated heterocycles. The monoisotopic (exact) mass is 400 g/mol. The number of anilines is 1. The third kappa shape index (κ3) is 5.29. The van der Waals surface area contributed by atoms with Crippen molar-refractivity contribution >= 4 is 39.9 Å². The number of aryl methyl sites for hydroxylation is 1. The predicted octanol–water partition coefficient (Wildman–Crippen LogP) is 1.67. The summed E-state index contributed by atoms with van der Waals surface area (Å²) in [5, 5.41) is 2.17. The van der Waals surface area contributed by atoms with Crippen molar-refractivity contribution in [1.29, 1.82) is 0 Å². The van der Waals surface area contributed by atoms with Gasteiger partial charge in [0.15, 0.2) is 5.75 Å². The average Bonchev–Trinajstić information content (AvgIpc) is 2.52. The molecule has 0 radical (unpaired) electrons. The van der Waals surface area contributed by atoms with E-state index in [2.05, 4.69) is 20.0 Å². The van der Waals surface area contributed by atoms with Crippen LogP contribution < -0.4 is 14.2 Å². The molecule has 1 heterocycles. The number of carbonyl (C=O) groups is 2. The quantitative estimate of drug-likeness (QED) is 0.571. The van der Waals surface area contributed by atoms with Crippen LogP contribution in [0, 0.1) is 6.92 Å². The maximum Gasteiger partial charge on any atom is 0.411 e. The topological polar surface area (TPSA) is 137 Å². The lowest BCUT2D eigenvalue weighted by molar-refractivity contribution is 0.0599. The fourth-order valence-electron chi connectivity index (χ4n) is 1.78. The lowest BCUT2D eigenvalue weighted by atomic mass is 10.2. The maximum atomic E-state index is 12.0. The number of para-hydroxylation sites is 1. The molecular weight excluding hydrogens is 388 g/mol. The molecule has 0 bridgehead atoms. The molecule has 0 aliphatic heterocycles. The van der Waals surface area contributed by atoms with Crippen LogP contribution in [0.2, 0.25) is 5.15 Å². The van der Waals surface area contributed by atoms with E-state index in [0.29, 0.717) is 5.69 Å². The summed E-state index contributed by atoms with van der Waals surface area (Å²) < 4.78 is 34.8. The van der Waals surface area contributed by atoms with Crippen molar-refractivity contribution in [2.75, 3.05) is 12.4 Å². The van der Waals surface area contributed by atoms with Gasteiger partial charge < -0.3 is 8.92 Å². The summed E-state index contributed by atoms with van der Waals surface area (Å²) in [6.45, 7) is 1.61. The number of aromatic nitrogens is 2. The van der Waals surface area contributed by atoms with E-state index in [0.717, 1.165) is 7.11 Å². The molecule has 0 spiro atoms. The van der Waals surface area contributed by atoms with Gasteiger partial charge in [-0.1, -0.05) is 23.7 Å². The highest BCUT2D eigenvalue weighted by atomic mass is 35.5. The summed E-state index contributed by atoms with van der Waals surface area (Å²) in [5.74, 6) is -1.31. The number of nitrogens with one attached hydrogen (secondary N) is 2. The van der Waals surface area contributed by atoms with Crippen molar-refractivity contribution in [3.8, 4) is 5.75 Å². The van der Waals surface area contributed by atoms with Crippen LogP contribution in [-0.4, -0.2) is 37.5 Å². The number of esters is 1. The Labute approximate surface area is 153 Å². The number of urea groups is 1. The minimum Gasteiger partial charge on any atom is -0.465 e. The van der Waals surface area contributed by atoms with Gasteiger partial charge in [0, 0.05) is 5.69 Å². The molecule has 0 aliphatic carbocycles. The third-order valence-electron chi connectivity index (χ3n) is 2.76. The predicted molar refractivity (Wildman–Crippen MR) is 91.3 cm³/mol. The number of methoxy groups -OCH3 is 1. The minimum atomic E-state index is -4.60. The Morgan fingerprint density at radius 1 is 1.19 bits per heavy atom. The molecule has 1 aromatic heterocycles. The molecule has 2 amide bonds. The molecule has 1 aromatic carbocycles. The van der Waals surface area contributed by atoms with Gasteiger partial charge in [-0.05, 0) is 25.1 Å². The Hall–Kier alpha value is -2.92. The van der Waals surface area contributed by atoms with E-state index in [9.17, 15) is 18.0 Å². The van der Waals surface area contributed by atoms with Gasteiger partial charge in [0.1, 0.15) is 10.7 Å². The molecule has 2 aromatic rings. The van der Waals surface area contributed by atoms with Crippen LogP contribution in [0.15, 0.2) is 30.3 Å². The molecule has 2 rings (SSSR count). The third-order valence-corrected chi connectivity index (χ3v) is 3.79. The number of hydrogen-bond donors (Lipinski definition) is 2.